The van der Waals surface area contributed by atoms with Crippen molar-refractivity contribution < 1.29 is 0 Å². The third-order valence-corrected chi connectivity index (χ3v) is 10.3. The molecule has 0 N–H and O–H groups in total. The van der Waals surface area contributed by atoms with Gasteiger partial charge in [0.05, 0.1) is 12.1 Å². The molecule has 2 heterocycles. The molecule has 4 aromatic rings. The summed E-state index contributed by atoms with van der Waals surface area (Å²) in [5.41, 5.74) is 8.14. The number of fused-ring (bicyclic) bond motifs is 8. The van der Waals surface area contributed by atoms with Crippen LogP contribution in [0.25, 0.3) is 23.3 Å². The lowest BCUT2D eigenvalue weighted by atomic mass is 10.0. The Morgan fingerprint density at radius 1 is 0.622 bits per heavy atom. The molecule has 5 heteroatoms. The second-order valence-corrected chi connectivity index (χ2v) is 13.1. The smallest absolute Gasteiger partial charge is 0.0745 e. The molecule has 0 amide bonds. The second kappa shape index (κ2) is 7.89. The normalized spacial score (nSPS) is 19.7. The lowest BCUT2D eigenvalue weighted by Crippen LogP contribution is -2.28. The third-order valence-electron chi connectivity index (χ3n) is 8.24. The van der Waals surface area contributed by atoms with Crippen LogP contribution in [0.3, 0.4) is 0 Å². The van der Waals surface area contributed by atoms with Gasteiger partial charge in [0, 0.05) is 65.8 Å². The van der Waals surface area contributed by atoms with Crippen LogP contribution in [0.1, 0.15) is 11.1 Å². The molecule has 0 aromatic heterocycles. The summed E-state index contributed by atoms with van der Waals surface area (Å²) in [6.45, 7) is 0. The molecule has 0 spiro atoms. The lowest BCUT2D eigenvalue weighted by Gasteiger charge is -2.18. The molecule has 0 bridgehead atoms. The third kappa shape index (κ3) is 3.05. The monoisotopic (exact) mass is 624 g/mol. The van der Waals surface area contributed by atoms with Crippen molar-refractivity contribution in [2.75, 3.05) is 23.9 Å². The van der Waals surface area contributed by atoms with E-state index in [9.17, 15) is 0 Å². The van der Waals surface area contributed by atoms with Gasteiger partial charge >= 0.3 is 0 Å². The summed E-state index contributed by atoms with van der Waals surface area (Å²) < 4.78 is 2.25. The molecule has 0 fully saturated rings. The van der Waals surface area contributed by atoms with Crippen molar-refractivity contribution in [3.8, 4) is 0 Å². The van der Waals surface area contributed by atoms with Crippen LogP contribution >= 0.6 is 43.6 Å². The number of anilines is 2. The zero-order valence-corrected chi connectivity index (χ0v) is 24.3. The van der Waals surface area contributed by atoms with E-state index in [1.165, 1.54) is 64.3 Å². The number of hydrogen-bond donors (Lipinski definition) is 0. The molecule has 0 radical (unpaired) electrons. The van der Waals surface area contributed by atoms with Crippen molar-refractivity contribution in [2.24, 2.45) is 0 Å². The highest BCUT2D eigenvalue weighted by Gasteiger charge is 2.35. The number of rotatable bonds is 2. The lowest BCUT2D eigenvalue weighted by molar-refractivity contribution is 0.986. The Bertz CT molecular complexity index is 1800. The number of hydrogen-bond acceptors (Lipinski definition) is 3. The Morgan fingerprint density at radius 2 is 1.08 bits per heavy atom. The van der Waals surface area contributed by atoms with E-state index in [1.54, 1.807) is 0 Å². The maximum atomic E-state index is 3.67. The average Bonchev–Trinajstić information content (AvgIpc) is 3.60. The number of halogens is 2. The van der Waals surface area contributed by atoms with Crippen LogP contribution in [0.2, 0.25) is 0 Å². The molecule has 2 aliphatic heterocycles. The van der Waals surface area contributed by atoms with Crippen LogP contribution in [0.15, 0.2) is 91.5 Å². The van der Waals surface area contributed by atoms with Gasteiger partial charge in [0.1, 0.15) is 0 Å². The topological polar surface area (TPSA) is 6.48 Å². The quantitative estimate of drug-likeness (QED) is 0.310. The zero-order chi connectivity index (χ0) is 25.0. The molecule has 0 saturated heterocycles. The summed E-state index contributed by atoms with van der Waals surface area (Å²) in [5, 5.41) is 5.45. The predicted molar refractivity (Wildman–Crippen MR) is 162 cm³/mol. The van der Waals surface area contributed by atoms with Gasteiger partial charge in [0.25, 0.3) is 0 Å². The summed E-state index contributed by atoms with van der Waals surface area (Å²) in [4.78, 5) is 7.47. The van der Waals surface area contributed by atoms with Gasteiger partial charge in [-0.25, -0.2) is 0 Å². The maximum absolute atomic E-state index is 3.67. The van der Waals surface area contributed by atoms with Crippen molar-refractivity contribution in [3.05, 3.63) is 114 Å². The van der Waals surface area contributed by atoms with Gasteiger partial charge in [-0.05, 0) is 70.1 Å². The minimum atomic E-state index is 0.281. The molecule has 180 valence electrons. The Kier molecular flexibility index (Phi) is 4.75. The van der Waals surface area contributed by atoms with Gasteiger partial charge in [-0.1, -0.05) is 80.0 Å². The van der Waals surface area contributed by atoms with E-state index in [0.717, 1.165) is 8.95 Å². The molecule has 0 saturated carbocycles. The minimum Gasteiger partial charge on any atom is -0.363 e. The predicted octanol–water partition coefficient (Wildman–Crippen LogP) is 4.99. The maximum Gasteiger partial charge on any atom is 0.0745 e. The summed E-state index contributed by atoms with van der Waals surface area (Å²) in [6.07, 6.45) is 4.85. The fourth-order valence-electron chi connectivity index (χ4n) is 6.59. The Balaban J connectivity index is 1.36. The number of likely N-dealkylation sites (N-methyl/N-ethyl adjacent to an activating group) is 2. The molecule has 37 heavy (non-hydrogen) atoms. The van der Waals surface area contributed by atoms with Crippen molar-refractivity contribution in [1.29, 1.82) is 0 Å². The zero-order valence-electron chi connectivity index (χ0n) is 20.3. The highest BCUT2D eigenvalue weighted by Crippen LogP contribution is 2.43. The summed E-state index contributed by atoms with van der Waals surface area (Å²) in [6, 6.07) is 27.5. The van der Waals surface area contributed by atoms with Crippen LogP contribution in [0.5, 0.6) is 0 Å². The SMILES string of the molecule is CN1c2cc(Br)ccc2C2=c3c(Sc4cccc5c4=C4c6ccc(Br)cc6N(C)C4C=5)cccc3=CC21. The van der Waals surface area contributed by atoms with Crippen LogP contribution in [0.4, 0.5) is 11.4 Å². The Labute approximate surface area is 236 Å². The van der Waals surface area contributed by atoms with E-state index in [-0.39, 0.29) is 12.1 Å². The highest BCUT2D eigenvalue weighted by molar-refractivity contribution is 9.10. The average molecular weight is 626 g/mol. The van der Waals surface area contributed by atoms with Crippen molar-refractivity contribution in [3.63, 3.8) is 0 Å². The molecular formula is C32H22Br2N2S. The molecule has 2 nitrogen and oxygen atoms in total. The van der Waals surface area contributed by atoms with E-state index in [2.05, 4.69) is 141 Å². The molecule has 4 aliphatic rings. The van der Waals surface area contributed by atoms with E-state index in [4.69, 9.17) is 0 Å². The fraction of sp³-hybridized carbons (Fsp3) is 0.125. The van der Waals surface area contributed by atoms with Crippen molar-refractivity contribution in [1.82, 2.24) is 0 Å². The van der Waals surface area contributed by atoms with Crippen LogP contribution in [0, 0.1) is 0 Å². The van der Waals surface area contributed by atoms with Crippen LogP contribution in [-0.4, -0.2) is 26.2 Å². The molecule has 2 aliphatic carbocycles. The first-order valence-corrected chi connectivity index (χ1v) is 14.8. The van der Waals surface area contributed by atoms with Gasteiger partial charge < -0.3 is 9.80 Å². The van der Waals surface area contributed by atoms with E-state index in [1.807, 2.05) is 11.8 Å². The number of nitrogens with zero attached hydrogens (tertiary/aromatic N) is 2. The Morgan fingerprint density at radius 3 is 1.54 bits per heavy atom. The molecule has 4 aromatic carbocycles. The van der Waals surface area contributed by atoms with Gasteiger partial charge in [-0.2, -0.15) is 0 Å². The molecule has 8 rings (SSSR count). The first kappa shape index (κ1) is 22.3. The Hall–Kier alpha value is -2.73. The molecule has 2 unspecified atom stereocenters. The number of benzene rings is 4. The largest absolute Gasteiger partial charge is 0.363 e. The van der Waals surface area contributed by atoms with Crippen molar-refractivity contribution >= 4 is 78.3 Å². The molecular weight excluding hydrogens is 604 g/mol. The van der Waals surface area contributed by atoms with Crippen LogP contribution in [-0.2, 0) is 0 Å². The van der Waals surface area contributed by atoms with Crippen LogP contribution < -0.4 is 30.7 Å². The fourth-order valence-corrected chi connectivity index (χ4v) is 8.48. The van der Waals surface area contributed by atoms with E-state index < -0.39 is 0 Å². The summed E-state index contributed by atoms with van der Waals surface area (Å²) in [5.74, 6) is 0. The second-order valence-electron chi connectivity index (χ2n) is 10.1. The van der Waals surface area contributed by atoms with Gasteiger partial charge in [-0.3, -0.25) is 0 Å². The highest BCUT2D eigenvalue weighted by atomic mass is 79.9. The first-order chi connectivity index (χ1) is 18.0. The summed E-state index contributed by atoms with van der Waals surface area (Å²) >= 11 is 9.26. The van der Waals surface area contributed by atoms with Crippen molar-refractivity contribution in [2.45, 2.75) is 21.9 Å². The van der Waals surface area contributed by atoms with E-state index >= 15 is 0 Å². The van der Waals surface area contributed by atoms with Gasteiger partial charge in [-0.15, -0.1) is 0 Å². The standard InChI is InChI=1S/C32H22Br2N2S/c1-35-23-15-19(33)9-11-21(23)31-25(35)13-17-5-3-7-27(29(17)31)37-28-8-4-6-18-14-26-32(30(18)28)22-12-10-20(34)16-24(22)36(26)2/h3-16,25-26H,1-2H3. The van der Waals surface area contributed by atoms with Gasteiger partial charge in [0.15, 0.2) is 0 Å². The molecule has 2 atom stereocenters. The summed E-state index contributed by atoms with van der Waals surface area (Å²) in [7, 11) is 4.42. The van der Waals surface area contributed by atoms with E-state index in [0.29, 0.717) is 0 Å². The minimum absolute atomic E-state index is 0.281. The first-order valence-electron chi connectivity index (χ1n) is 12.4. The van der Waals surface area contributed by atoms with Gasteiger partial charge in [0.2, 0.25) is 0 Å².